The molecule has 0 unspecified atom stereocenters. The van der Waals surface area contributed by atoms with Gasteiger partial charge in [-0.2, -0.15) is 0 Å². The average molecular weight is 539 g/mol. The van der Waals surface area contributed by atoms with Gasteiger partial charge in [0.15, 0.2) is 0 Å². The number of hydrogen-bond donors (Lipinski definition) is 0. The summed E-state index contributed by atoms with van der Waals surface area (Å²) in [5, 5.41) is 4.95. The minimum Gasteiger partial charge on any atom is -0.310 e. The molecule has 176 valence electrons. The number of rotatable bonds is 4. The molecule has 7 rings (SSSR count). The van der Waals surface area contributed by atoms with Crippen molar-refractivity contribution in [3.63, 3.8) is 0 Å². The number of anilines is 3. The van der Waals surface area contributed by atoms with Crippen molar-refractivity contribution >= 4 is 65.6 Å². The molecule has 0 aliphatic carbocycles. The van der Waals surface area contributed by atoms with E-state index in [1.54, 1.807) is 0 Å². The van der Waals surface area contributed by atoms with Crippen LogP contribution >= 0.6 is 15.9 Å². The lowest BCUT2D eigenvalue weighted by atomic mass is 10.1. The Morgan fingerprint density at radius 1 is 0.486 bits per heavy atom. The lowest BCUT2D eigenvalue weighted by molar-refractivity contribution is 1.18. The summed E-state index contributed by atoms with van der Waals surface area (Å²) in [5.74, 6) is 0. The Hall–Kier alpha value is -4.34. The highest BCUT2D eigenvalue weighted by molar-refractivity contribution is 9.10. The fourth-order valence-corrected chi connectivity index (χ4v) is 5.64. The molecular weight excluding hydrogens is 516 g/mol. The van der Waals surface area contributed by atoms with E-state index in [9.17, 15) is 0 Å². The van der Waals surface area contributed by atoms with Crippen LogP contribution in [-0.2, 0) is 0 Å². The third kappa shape index (κ3) is 3.71. The molecule has 7 aromatic rings. The Labute approximate surface area is 224 Å². The third-order valence-corrected chi connectivity index (χ3v) is 7.55. The van der Waals surface area contributed by atoms with Crippen LogP contribution in [0.15, 0.2) is 144 Å². The Bertz CT molecular complexity index is 1880. The van der Waals surface area contributed by atoms with Gasteiger partial charge in [-0.3, -0.25) is 0 Å². The lowest BCUT2D eigenvalue weighted by Gasteiger charge is -2.27. The van der Waals surface area contributed by atoms with Gasteiger partial charge in [-0.05, 0) is 66.0 Å². The number of fused-ring (bicyclic) bond motifs is 4. The van der Waals surface area contributed by atoms with E-state index < -0.39 is 0 Å². The van der Waals surface area contributed by atoms with Crippen molar-refractivity contribution in [1.82, 2.24) is 4.57 Å². The van der Waals surface area contributed by atoms with Gasteiger partial charge in [-0.25, -0.2) is 0 Å². The van der Waals surface area contributed by atoms with E-state index >= 15 is 0 Å². The van der Waals surface area contributed by atoms with E-state index in [1.807, 2.05) is 0 Å². The average Bonchev–Trinajstić information content (AvgIpc) is 3.28. The molecule has 0 amide bonds. The zero-order valence-electron chi connectivity index (χ0n) is 20.1. The molecule has 0 atom stereocenters. The summed E-state index contributed by atoms with van der Waals surface area (Å²) in [6.45, 7) is 0. The van der Waals surface area contributed by atoms with Crippen LogP contribution in [0.3, 0.4) is 0 Å². The maximum atomic E-state index is 3.61. The van der Waals surface area contributed by atoms with Gasteiger partial charge in [0.25, 0.3) is 0 Å². The van der Waals surface area contributed by atoms with Crippen molar-refractivity contribution in [1.29, 1.82) is 0 Å². The quantitative estimate of drug-likeness (QED) is 0.216. The van der Waals surface area contributed by atoms with E-state index in [4.69, 9.17) is 0 Å². The molecule has 1 aromatic heterocycles. The topological polar surface area (TPSA) is 8.17 Å². The zero-order valence-corrected chi connectivity index (χ0v) is 21.6. The number of hydrogen-bond acceptors (Lipinski definition) is 1. The zero-order chi connectivity index (χ0) is 24.8. The van der Waals surface area contributed by atoms with Crippen LogP contribution in [0.2, 0.25) is 0 Å². The minimum absolute atomic E-state index is 1.06. The second-order valence-electron chi connectivity index (χ2n) is 9.20. The molecular formula is C34H23BrN2. The molecule has 37 heavy (non-hydrogen) atoms. The summed E-state index contributed by atoms with van der Waals surface area (Å²) < 4.78 is 3.44. The Balaban J connectivity index is 1.54. The van der Waals surface area contributed by atoms with Crippen LogP contribution in [0.4, 0.5) is 17.1 Å². The van der Waals surface area contributed by atoms with Crippen LogP contribution in [0.25, 0.3) is 38.3 Å². The summed E-state index contributed by atoms with van der Waals surface area (Å²) in [6.07, 6.45) is 0. The summed E-state index contributed by atoms with van der Waals surface area (Å²) in [6, 6.07) is 49.8. The molecule has 0 saturated carbocycles. The molecule has 0 radical (unpaired) electrons. The highest BCUT2D eigenvalue weighted by atomic mass is 79.9. The Morgan fingerprint density at radius 3 is 1.97 bits per heavy atom. The van der Waals surface area contributed by atoms with Gasteiger partial charge in [-0.1, -0.05) is 94.8 Å². The third-order valence-electron chi connectivity index (χ3n) is 7.02. The number of para-hydroxylation sites is 2. The molecule has 6 aromatic carbocycles. The van der Waals surface area contributed by atoms with Crippen molar-refractivity contribution in [3.8, 4) is 5.69 Å². The highest BCUT2D eigenvalue weighted by Crippen LogP contribution is 2.42. The summed E-state index contributed by atoms with van der Waals surface area (Å²) >= 11 is 3.61. The molecule has 1 heterocycles. The molecule has 0 saturated heterocycles. The first kappa shape index (κ1) is 21.9. The Kier molecular flexibility index (Phi) is 5.30. The predicted molar refractivity (Wildman–Crippen MR) is 161 cm³/mol. The minimum atomic E-state index is 1.06. The molecule has 0 aliphatic heterocycles. The van der Waals surface area contributed by atoms with Crippen molar-refractivity contribution in [2.45, 2.75) is 0 Å². The van der Waals surface area contributed by atoms with E-state index in [-0.39, 0.29) is 0 Å². The normalized spacial score (nSPS) is 11.4. The van der Waals surface area contributed by atoms with E-state index in [2.05, 4.69) is 165 Å². The van der Waals surface area contributed by atoms with Gasteiger partial charge >= 0.3 is 0 Å². The lowest BCUT2D eigenvalue weighted by Crippen LogP contribution is -2.10. The summed E-state index contributed by atoms with van der Waals surface area (Å²) in [5.41, 5.74) is 6.94. The number of benzene rings is 6. The molecule has 0 aliphatic rings. The van der Waals surface area contributed by atoms with Gasteiger partial charge in [0.2, 0.25) is 0 Å². The SMILES string of the molecule is Brc1ccc(N(c2ccc3c4ccccc4n(-c4ccccc4)c3c2)c2cccc3ccccc23)cc1. The first-order valence-electron chi connectivity index (χ1n) is 12.4. The monoisotopic (exact) mass is 538 g/mol. The molecule has 2 nitrogen and oxygen atoms in total. The molecule has 0 spiro atoms. The van der Waals surface area contributed by atoms with Gasteiger partial charge in [0.05, 0.1) is 16.7 Å². The molecule has 3 heteroatoms. The van der Waals surface area contributed by atoms with Gasteiger partial charge < -0.3 is 9.47 Å². The number of nitrogens with zero attached hydrogens (tertiary/aromatic N) is 2. The summed E-state index contributed by atoms with van der Waals surface area (Å²) in [4.78, 5) is 2.36. The number of aromatic nitrogens is 1. The predicted octanol–water partition coefficient (Wildman–Crippen LogP) is 10.2. The van der Waals surface area contributed by atoms with E-state index in [0.717, 1.165) is 27.2 Å². The van der Waals surface area contributed by atoms with E-state index in [0.29, 0.717) is 0 Å². The highest BCUT2D eigenvalue weighted by Gasteiger charge is 2.18. The van der Waals surface area contributed by atoms with E-state index in [1.165, 1.54) is 32.6 Å². The van der Waals surface area contributed by atoms with Gasteiger partial charge in [-0.15, -0.1) is 0 Å². The molecule has 0 N–H and O–H groups in total. The smallest absolute Gasteiger partial charge is 0.0561 e. The second-order valence-corrected chi connectivity index (χ2v) is 10.1. The first-order chi connectivity index (χ1) is 18.3. The number of halogens is 1. The van der Waals surface area contributed by atoms with Crippen LogP contribution in [0.1, 0.15) is 0 Å². The molecule has 0 fully saturated rings. The van der Waals surface area contributed by atoms with Crippen LogP contribution in [0.5, 0.6) is 0 Å². The van der Waals surface area contributed by atoms with Crippen molar-refractivity contribution in [2.75, 3.05) is 4.90 Å². The van der Waals surface area contributed by atoms with Gasteiger partial charge in [0.1, 0.15) is 0 Å². The van der Waals surface area contributed by atoms with Gasteiger partial charge in [0, 0.05) is 37.7 Å². The fourth-order valence-electron chi connectivity index (χ4n) is 5.37. The van der Waals surface area contributed by atoms with Crippen molar-refractivity contribution in [3.05, 3.63) is 144 Å². The maximum Gasteiger partial charge on any atom is 0.0561 e. The fraction of sp³-hybridized carbons (Fsp3) is 0. The first-order valence-corrected chi connectivity index (χ1v) is 13.2. The second kappa shape index (κ2) is 8.95. The van der Waals surface area contributed by atoms with Crippen LogP contribution in [0, 0.1) is 0 Å². The van der Waals surface area contributed by atoms with Crippen LogP contribution < -0.4 is 4.90 Å². The molecule has 0 bridgehead atoms. The van der Waals surface area contributed by atoms with Crippen molar-refractivity contribution in [2.24, 2.45) is 0 Å². The van der Waals surface area contributed by atoms with Crippen molar-refractivity contribution < 1.29 is 0 Å². The maximum absolute atomic E-state index is 3.61. The largest absolute Gasteiger partial charge is 0.310 e. The van der Waals surface area contributed by atoms with Crippen LogP contribution in [-0.4, -0.2) is 4.57 Å². The standard InChI is InChI=1S/C34H23BrN2/c35-25-17-19-27(20-18-25)36(32-16-8-10-24-9-4-5-13-29(24)32)28-21-22-31-30-14-6-7-15-33(30)37(34(31)23-28)26-11-2-1-3-12-26/h1-23H. The Morgan fingerprint density at radius 2 is 1.14 bits per heavy atom. The summed E-state index contributed by atoms with van der Waals surface area (Å²) in [7, 11) is 0.